The lowest BCUT2D eigenvalue weighted by Crippen LogP contribution is -2.58. The van der Waals surface area contributed by atoms with Crippen molar-refractivity contribution in [3.05, 3.63) is 0 Å². The molecule has 0 aromatic heterocycles. The number of amides is 1. The van der Waals surface area contributed by atoms with E-state index >= 15 is 0 Å². The summed E-state index contributed by atoms with van der Waals surface area (Å²) in [6.45, 7) is 6.22. The topological polar surface area (TPSA) is 29.5 Å². The molecule has 1 amide bonds. The Labute approximate surface area is 100 Å². The lowest BCUT2D eigenvalue weighted by molar-refractivity contribution is -0.0567. The van der Waals surface area contributed by atoms with Crippen molar-refractivity contribution in [2.75, 3.05) is 13.1 Å². The Morgan fingerprint density at radius 1 is 1.24 bits per heavy atom. The maximum atomic E-state index is 13.1. The van der Waals surface area contributed by atoms with E-state index in [2.05, 4.69) is 0 Å². The van der Waals surface area contributed by atoms with Crippen LogP contribution in [0.25, 0.3) is 0 Å². The number of halogens is 2. The van der Waals surface area contributed by atoms with Gasteiger partial charge in [0.15, 0.2) is 0 Å². The van der Waals surface area contributed by atoms with E-state index in [0.29, 0.717) is 19.5 Å². The predicted octanol–water partition coefficient (Wildman–Crippen LogP) is 3.04. The average Bonchev–Trinajstić information content (AvgIpc) is 2.36. The molecule has 0 aromatic rings. The molecule has 2 aliphatic rings. The van der Waals surface area contributed by atoms with Crippen LogP contribution in [-0.4, -0.2) is 35.6 Å². The Hall–Kier alpha value is -0.870. The largest absolute Gasteiger partial charge is 0.444 e. The first-order valence-electron chi connectivity index (χ1n) is 5.97. The van der Waals surface area contributed by atoms with Crippen LogP contribution in [0.4, 0.5) is 13.6 Å². The van der Waals surface area contributed by atoms with Crippen LogP contribution in [-0.2, 0) is 4.74 Å². The third kappa shape index (κ3) is 2.69. The first-order valence-corrected chi connectivity index (χ1v) is 5.97. The van der Waals surface area contributed by atoms with E-state index < -0.39 is 17.6 Å². The molecule has 0 atom stereocenters. The van der Waals surface area contributed by atoms with Gasteiger partial charge in [0, 0.05) is 31.3 Å². The Morgan fingerprint density at radius 2 is 1.82 bits per heavy atom. The zero-order chi connectivity index (χ0) is 12.9. The van der Waals surface area contributed by atoms with Gasteiger partial charge in [0.1, 0.15) is 5.60 Å². The van der Waals surface area contributed by atoms with Crippen molar-refractivity contribution in [1.29, 1.82) is 0 Å². The first-order chi connectivity index (χ1) is 7.61. The summed E-state index contributed by atoms with van der Waals surface area (Å²) in [6, 6.07) is 0. The molecule has 2 rings (SSSR count). The highest BCUT2D eigenvalue weighted by Crippen LogP contribution is 2.52. The van der Waals surface area contributed by atoms with Crippen LogP contribution < -0.4 is 0 Å². The zero-order valence-corrected chi connectivity index (χ0v) is 10.6. The fourth-order valence-electron chi connectivity index (χ4n) is 2.66. The first kappa shape index (κ1) is 12.6. The average molecular weight is 247 g/mol. The molecule has 0 aromatic carbocycles. The van der Waals surface area contributed by atoms with Crippen molar-refractivity contribution in [2.24, 2.45) is 5.41 Å². The lowest BCUT2D eigenvalue weighted by atomic mass is 9.78. The van der Waals surface area contributed by atoms with Gasteiger partial charge in [-0.3, -0.25) is 0 Å². The van der Waals surface area contributed by atoms with E-state index in [1.807, 2.05) is 0 Å². The molecule has 1 saturated carbocycles. The number of rotatable bonds is 0. The molecule has 5 heteroatoms. The highest BCUT2D eigenvalue weighted by molar-refractivity contribution is 5.69. The number of nitrogens with zero attached hydrogens (tertiary/aromatic N) is 1. The van der Waals surface area contributed by atoms with Crippen LogP contribution in [0.1, 0.15) is 40.0 Å². The van der Waals surface area contributed by atoms with E-state index in [4.69, 9.17) is 4.74 Å². The maximum Gasteiger partial charge on any atom is 0.410 e. The van der Waals surface area contributed by atoms with Crippen LogP contribution >= 0.6 is 0 Å². The molecule has 2 fully saturated rings. The van der Waals surface area contributed by atoms with Crippen molar-refractivity contribution < 1.29 is 18.3 Å². The molecule has 98 valence electrons. The summed E-state index contributed by atoms with van der Waals surface area (Å²) in [5, 5.41) is 0. The normalized spacial score (nSPS) is 25.8. The monoisotopic (exact) mass is 247 g/mol. The Bertz CT molecular complexity index is 330. The van der Waals surface area contributed by atoms with E-state index in [0.717, 1.165) is 0 Å². The Morgan fingerprint density at radius 3 is 2.24 bits per heavy atom. The number of carbonyl (C=O) groups is 1. The van der Waals surface area contributed by atoms with Crippen LogP contribution in [0, 0.1) is 5.41 Å². The number of likely N-dealkylation sites (tertiary alicyclic amines) is 1. The van der Waals surface area contributed by atoms with Gasteiger partial charge < -0.3 is 9.64 Å². The molecule has 0 bridgehead atoms. The number of ether oxygens (including phenoxy) is 1. The second-order valence-corrected chi connectivity index (χ2v) is 6.37. The van der Waals surface area contributed by atoms with Crippen molar-refractivity contribution >= 4 is 6.09 Å². The van der Waals surface area contributed by atoms with Gasteiger partial charge in [-0.15, -0.1) is 0 Å². The smallest absolute Gasteiger partial charge is 0.410 e. The van der Waals surface area contributed by atoms with Crippen LogP contribution in [0.5, 0.6) is 0 Å². The zero-order valence-electron chi connectivity index (χ0n) is 10.6. The van der Waals surface area contributed by atoms with Crippen molar-refractivity contribution in [1.82, 2.24) is 4.90 Å². The minimum Gasteiger partial charge on any atom is -0.444 e. The predicted molar refractivity (Wildman–Crippen MR) is 59.0 cm³/mol. The van der Waals surface area contributed by atoms with Gasteiger partial charge in [-0.2, -0.15) is 0 Å². The number of hydrogen-bond donors (Lipinski definition) is 0. The minimum atomic E-state index is -2.54. The summed E-state index contributed by atoms with van der Waals surface area (Å²) < 4.78 is 31.4. The standard InChI is InChI=1S/C12H19F2NO2/c1-10(2,3)17-9(16)15-7-11(8-15)4-5-12(13,14)6-11/h4-8H2,1-3H3. The van der Waals surface area contributed by atoms with E-state index in [1.165, 1.54) is 4.90 Å². The molecular weight excluding hydrogens is 228 g/mol. The van der Waals surface area contributed by atoms with Crippen LogP contribution in [0.3, 0.4) is 0 Å². The molecule has 3 nitrogen and oxygen atoms in total. The molecule has 17 heavy (non-hydrogen) atoms. The Kier molecular flexibility index (Phi) is 2.64. The highest BCUT2D eigenvalue weighted by Gasteiger charge is 2.56. The highest BCUT2D eigenvalue weighted by atomic mass is 19.3. The van der Waals surface area contributed by atoms with Crippen molar-refractivity contribution in [3.63, 3.8) is 0 Å². The van der Waals surface area contributed by atoms with Gasteiger partial charge in [-0.25, -0.2) is 13.6 Å². The Balaban J connectivity index is 1.85. The molecule has 1 heterocycles. The SMILES string of the molecule is CC(C)(C)OC(=O)N1CC2(CCC(F)(F)C2)C1. The van der Waals surface area contributed by atoms with Gasteiger partial charge in [0.2, 0.25) is 5.92 Å². The summed E-state index contributed by atoms with van der Waals surface area (Å²) in [7, 11) is 0. The second kappa shape index (κ2) is 3.56. The van der Waals surface area contributed by atoms with Gasteiger partial charge in [0.05, 0.1) is 0 Å². The lowest BCUT2D eigenvalue weighted by Gasteiger charge is -2.47. The summed E-state index contributed by atoms with van der Waals surface area (Å²) >= 11 is 0. The number of alkyl halides is 2. The molecule has 0 N–H and O–H groups in total. The third-order valence-electron chi connectivity index (χ3n) is 3.36. The summed E-state index contributed by atoms with van der Waals surface area (Å²) in [4.78, 5) is 13.2. The van der Waals surface area contributed by atoms with Gasteiger partial charge in [0.25, 0.3) is 0 Å². The van der Waals surface area contributed by atoms with Crippen molar-refractivity contribution in [3.8, 4) is 0 Å². The minimum absolute atomic E-state index is 0.0465. The van der Waals surface area contributed by atoms with Crippen LogP contribution in [0.2, 0.25) is 0 Å². The third-order valence-corrected chi connectivity index (χ3v) is 3.36. The molecular formula is C12H19F2NO2. The van der Waals surface area contributed by atoms with E-state index in [1.54, 1.807) is 20.8 Å². The van der Waals surface area contributed by atoms with Gasteiger partial charge in [-0.05, 0) is 27.2 Å². The molecule has 1 saturated heterocycles. The molecule has 0 unspecified atom stereocenters. The molecule has 1 aliphatic carbocycles. The van der Waals surface area contributed by atoms with E-state index in [-0.39, 0.29) is 18.3 Å². The number of carbonyl (C=O) groups excluding carboxylic acids is 1. The fraction of sp³-hybridized carbons (Fsp3) is 0.917. The molecule has 1 aliphatic heterocycles. The quantitative estimate of drug-likeness (QED) is 0.658. The summed E-state index contributed by atoms with van der Waals surface area (Å²) in [5.41, 5.74) is -0.875. The van der Waals surface area contributed by atoms with Gasteiger partial charge >= 0.3 is 6.09 Å². The fourth-order valence-corrected chi connectivity index (χ4v) is 2.66. The molecule has 1 spiro atoms. The summed E-state index contributed by atoms with van der Waals surface area (Å²) in [5.74, 6) is -2.54. The second-order valence-electron chi connectivity index (χ2n) is 6.37. The number of hydrogen-bond acceptors (Lipinski definition) is 2. The summed E-state index contributed by atoms with van der Waals surface area (Å²) in [6.07, 6.45) is -0.00773. The van der Waals surface area contributed by atoms with Crippen LogP contribution in [0.15, 0.2) is 0 Å². The van der Waals surface area contributed by atoms with Crippen molar-refractivity contribution in [2.45, 2.75) is 51.6 Å². The van der Waals surface area contributed by atoms with E-state index in [9.17, 15) is 13.6 Å². The van der Waals surface area contributed by atoms with Gasteiger partial charge in [-0.1, -0.05) is 0 Å². The molecule has 0 radical (unpaired) electrons. The maximum absolute atomic E-state index is 13.1.